The average Bonchev–Trinajstić information content (AvgIpc) is 3.14. The quantitative estimate of drug-likeness (QED) is 0.796. The molecule has 0 spiro atoms. The average molecular weight is 335 g/mol. The van der Waals surface area contributed by atoms with Gasteiger partial charge in [0.15, 0.2) is 0 Å². The van der Waals surface area contributed by atoms with E-state index < -0.39 is 0 Å². The van der Waals surface area contributed by atoms with E-state index in [0.29, 0.717) is 30.1 Å². The highest BCUT2D eigenvalue weighted by atomic mass is 16.2. The summed E-state index contributed by atoms with van der Waals surface area (Å²) in [5, 5.41) is 5.75. The Morgan fingerprint density at radius 3 is 2.76 bits per heavy atom. The van der Waals surface area contributed by atoms with Gasteiger partial charge in [-0.2, -0.15) is 0 Å². The number of nitrogens with zero attached hydrogens (tertiary/aromatic N) is 1. The SMILES string of the molecule is O=C(C[C@@H]1C=CCC1)NCc1cccc(C(=O)Nc2ccncc2)c1. The maximum Gasteiger partial charge on any atom is 0.255 e. The van der Waals surface area contributed by atoms with Crippen molar-refractivity contribution in [3.05, 3.63) is 72.1 Å². The van der Waals surface area contributed by atoms with Crippen molar-refractivity contribution in [3.8, 4) is 0 Å². The highest BCUT2D eigenvalue weighted by Gasteiger charge is 2.14. The van der Waals surface area contributed by atoms with Gasteiger partial charge >= 0.3 is 0 Å². The van der Waals surface area contributed by atoms with E-state index in [0.717, 1.165) is 18.4 Å². The molecule has 5 heteroatoms. The first-order valence-corrected chi connectivity index (χ1v) is 8.44. The fourth-order valence-corrected chi connectivity index (χ4v) is 2.84. The van der Waals surface area contributed by atoms with Crippen LogP contribution in [0.5, 0.6) is 0 Å². The molecule has 5 nitrogen and oxygen atoms in total. The van der Waals surface area contributed by atoms with E-state index in [4.69, 9.17) is 0 Å². The maximum atomic E-state index is 12.3. The van der Waals surface area contributed by atoms with Gasteiger partial charge in [0.2, 0.25) is 5.91 Å². The molecule has 1 aromatic heterocycles. The lowest BCUT2D eigenvalue weighted by atomic mass is 10.0. The van der Waals surface area contributed by atoms with Gasteiger partial charge in [0.05, 0.1) is 0 Å². The Bertz CT molecular complexity index is 772. The van der Waals surface area contributed by atoms with Gasteiger partial charge in [-0.25, -0.2) is 0 Å². The first kappa shape index (κ1) is 16.9. The number of amides is 2. The van der Waals surface area contributed by atoms with Crippen LogP contribution in [-0.2, 0) is 11.3 Å². The number of anilines is 1. The highest BCUT2D eigenvalue weighted by Crippen LogP contribution is 2.20. The zero-order valence-corrected chi connectivity index (χ0v) is 13.9. The molecule has 0 bridgehead atoms. The Balaban J connectivity index is 1.54. The summed E-state index contributed by atoms with van der Waals surface area (Å²) >= 11 is 0. The number of allylic oxidation sites excluding steroid dienone is 2. The molecule has 1 aliphatic rings. The van der Waals surface area contributed by atoms with Crippen molar-refractivity contribution in [3.63, 3.8) is 0 Å². The van der Waals surface area contributed by atoms with Gasteiger partial charge in [0, 0.05) is 36.6 Å². The molecule has 3 rings (SSSR count). The van der Waals surface area contributed by atoms with Gasteiger partial charge in [0.25, 0.3) is 5.91 Å². The van der Waals surface area contributed by atoms with Crippen molar-refractivity contribution in [2.45, 2.75) is 25.8 Å². The van der Waals surface area contributed by atoms with E-state index in [1.165, 1.54) is 0 Å². The second-order valence-corrected chi connectivity index (χ2v) is 6.14. The minimum atomic E-state index is -0.185. The zero-order chi connectivity index (χ0) is 17.5. The molecule has 2 N–H and O–H groups in total. The molecule has 0 fully saturated rings. The third kappa shape index (κ3) is 5.01. The number of aromatic nitrogens is 1. The number of rotatable bonds is 6. The summed E-state index contributed by atoms with van der Waals surface area (Å²) in [7, 11) is 0. The van der Waals surface area contributed by atoms with Gasteiger partial charge < -0.3 is 10.6 Å². The molecule has 25 heavy (non-hydrogen) atoms. The van der Waals surface area contributed by atoms with Crippen LogP contribution in [0.2, 0.25) is 0 Å². The topological polar surface area (TPSA) is 71.1 Å². The van der Waals surface area contributed by atoms with Gasteiger partial charge in [-0.15, -0.1) is 0 Å². The molecule has 0 saturated heterocycles. The van der Waals surface area contributed by atoms with Crippen LogP contribution >= 0.6 is 0 Å². The lowest BCUT2D eigenvalue weighted by molar-refractivity contribution is -0.121. The van der Waals surface area contributed by atoms with Crippen molar-refractivity contribution in [1.82, 2.24) is 10.3 Å². The third-order valence-corrected chi connectivity index (χ3v) is 4.18. The van der Waals surface area contributed by atoms with Crippen molar-refractivity contribution in [1.29, 1.82) is 0 Å². The van der Waals surface area contributed by atoms with Crippen LogP contribution in [0.4, 0.5) is 5.69 Å². The molecule has 1 atom stereocenters. The molecule has 0 radical (unpaired) electrons. The first-order chi connectivity index (χ1) is 12.2. The van der Waals surface area contributed by atoms with Crippen LogP contribution in [0.15, 0.2) is 60.9 Å². The Morgan fingerprint density at radius 2 is 2.00 bits per heavy atom. The number of hydrogen-bond acceptors (Lipinski definition) is 3. The molecule has 0 saturated carbocycles. The van der Waals surface area contributed by atoms with Gasteiger partial charge in [0.1, 0.15) is 0 Å². The van der Waals surface area contributed by atoms with E-state index in [2.05, 4.69) is 27.8 Å². The number of carbonyl (C=O) groups excluding carboxylic acids is 2. The molecule has 2 aromatic rings. The van der Waals surface area contributed by atoms with Crippen LogP contribution in [-0.4, -0.2) is 16.8 Å². The molecule has 0 unspecified atom stereocenters. The molecule has 2 amide bonds. The van der Waals surface area contributed by atoms with E-state index in [1.54, 1.807) is 36.7 Å². The third-order valence-electron chi connectivity index (χ3n) is 4.18. The zero-order valence-electron chi connectivity index (χ0n) is 13.9. The van der Waals surface area contributed by atoms with Crippen LogP contribution in [0.1, 0.15) is 35.2 Å². The second-order valence-electron chi connectivity index (χ2n) is 6.14. The van der Waals surface area contributed by atoms with E-state index in [-0.39, 0.29) is 11.8 Å². The number of hydrogen-bond donors (Lipinski definition) is 2. The van der Waals surface area contributed by atoms with Crippen LogP contribution in [0, 0.1) is 5.92 Å². The monoisotopic (exact) mass is 335 g/mol. The summed E-state index contributed by atoms with van der Waals surface area (Å²) in [5.74, 6) is 0.219. The minimum Gasteiger partial charge on any atom is -0.352 e. The Morgan fingerprint density at radius 1 is 1.16 bits per heavy atom. The van der Waals surface area contributed by atoms with Crippen LogP contribution < -0.4 is 10.6 Å². The standard InChI is InChI=1S/C20H21N3O2/c24-19(13-15-4-1-2-5-15)22-14-16-6-3-7-17(12-16)20(25)23-18-8-10-21-11-9-18/h1,3-4,6-12,15H,2,5,13-14H2,(H,22,24)(H,21,23,25)/t15-/m1/s1. The molecule has 128 valence electrons. The summed E-state index contributed by atoms with van der Waals surface area (Å²) < 4.78 is 0. The normalized spacial score (nSPS) is 15.8. The lowest BCUT2D eigenvalue weighted by Gasteiger charge is -2.10. The molecule has 0 aliphatic heterocycles. The Hall–Kier alpha value is -2.95. The fourth-order valence-electron chi connectivity index (χ4n) is 2.84. The van der Waals surface area contributed by atoms with Gasteiger partial charge in [-0.3, -0.25) is 14.6 Å². The molecule has 1 aromatic carbocycles. The van der Waals surface area contributed by atoms with Gasteiger partial charge in [-0.1, -0.05) is 24.3 Å². The van der Waals surface area contributed by atoms with Crippen molar-refractivity contribution in [2.75, 3.05) is 5.32 Å². The predicted octanol–water partition coefficient (Wildman–Crippen LogP) is 3.31. The fraction of sp³-hybridized carbons (Fsp3) is 0.250. The lowest BCUT2D eigenvalue weighted by Crippen LogP contribution is -2.24. The second kappa shape index (κ2) is 8.24. The minimum absolute atomic E-state index is 0.0446. The van der Waals surface area contributed by atoms with Crippen molar-refractivity contribution < 1.29 is 9.59 Å². The number of benzene rings is 1. The van der Waals surface area contributed by atoms with Crippen molar-refractivity contribution >= 4 is 17.5 Å². The Kier molecular flexibility index (Phi) is 5.57. The first-order valence-electron chi connectivity index (χ1n) is 8.44. The number of pyridine rings is 1. The van der Waals surface area contributed by atoms with Crippen molar-refractivity contribution in [2.24, 2.45) is 5.92 Å². The molecule has 1 heterocycles. The van der Waals surface area contributed by atoms with Gasteiger partial charge in [-0.05, 0) is 48.6 Å². The van der Waals surface area contributed by atoms with E-state index in [9.17, 15) is 9.59 Å². The van der Waals surface area contributed by atoms with E-state index >= 15 is 0 Å². The largest absolute Gasteiger partial charge is 0.352 e. The maximum absolute atomic E-state index is 12.3. The summed E-state index contributed by atoms with van der Waals surface area (Å²) in [4.78, 5) is 28.2. The summed E-state index contributed by atoms with van der Waals surface area (Å²) in [5.41, 5.74) is 2.16. The summed E-state index contributed by atoms with van der Waals surface area (Å²) in [6.45, 7) is 0.422. The molecular formula is C20H21N3O2. The van der Waals surface area contributed by atoms with Crippen LogP contribution in [0.3, 0.4) is 0 Å². The van der Waals surface area contributed by atoms with Crippen LogP contribution in [0.25, 0.3) is 0 Å². The Labute approximate surface area is 147 Å². The van der Waals surface area contributed by atoms with E-state index in [1.807, 2.05) is 12.1 Å². The smallest absolute Gasteiger partial charge is 0.255 e. The predicted molar refractivity (Wildman–Crippen MR) is 97.0 cm³/mol. The number of nitrogens with one attached hydrogen (secondary N) is 2. The number of carbonyl (C=O) groups is 2. The molecule has 1 aliphatic carbocycles. The summed E-state index contributed by atoms with van der Waals surface area (Å²) in [6.07, 6.45) is 10.1. The molecular weight excluding hydrogens is 314 g/mol. The summed E-state index contributed by atoms with van der Waals surface area (Å²) in [6, 6.07) is 10.7. The highest BCUT2D eigenvalue weighted by molar-refractivity contribution is 6.04.